The van der Waals surface area contributed by atoms with Crippen molar-refractivity contribution >= 4 is 17.7 Å². The van der Waals surface area contributed by atoms with Crippen molar-refractivity contribution in [2.75, 3.05) is 25.1 Å². The van der Waals surface area contributed by atoms with Crippen molar-refractivity contribution in [3.63, 3.8) is 0 Å². The van der Waals surface area contributed by atoms with Crippen LogP contribution in [0.3, 0.4) is 0 Å². The smallest absolute Gasteiger partial charge is 0.227 e. The van der Waals surface area contributed by atoms with E-state index in [1.165, 1.54) is 0 Å². The average Bonchev–Trinajstić information content (AvgIpc) is 2.29. The molecule has 2 unspecified atom stereocenters. The third-order valence-corrected chi connectivity index (χ3v) is 4.08. The molecule has 0 aliphatic carbocycles. The molecule has 0 aromatic rings. The minimum atomic E-state index is -0.204. The summed E-state index contributed by atoms with van der Waals surface area (Å²) < 4.78 is 0. The van der Waals surface area contributed by atoms with E-state index in [-0.39, 0.29) is 11.3 Å². The molecule has 1 amide bonds. The molecule has 0 spiro atoms. The Hall–Kier alpha value is -0.220. The maximum atomic E-state index is 12.2. The average molecular weight is 244 g/mol. The van der Waals surface area contributed by atoms with Gasteiger partial charge in [0.2, 0.25) is 5.91 Å². The molecule has 0 bridgehead atoms. The topological polar surface area (TPSA) is 41.1 Å². The molecule has 3 nitrogen and oxygen atoms in total. The van der Waals surface area contributed by atoms with Gasteiger partial charge in [0, 0.05) is 18.3 Å². The van der Waals surface area contributed by atoms with Gasteiger partial charge in [-0.05, 0) is 39.0 Å². The summed E-state index contributed by atoms with van der Waals surface area (Å²) in [5.74, 6) is 1.23. The lowest BCUT2D eigenvalue weighted by Crippen LogP contribution is -2.51. The highest BCUT2D eigenvalue weighted by Gasteiger charge is 2.35. The maximum Gasteiger partial charge on any atom is 0.227 e. The first-order valence-corrected chi connectivity index (χ1v) is 7.52. The molecule has 1 aliphatic rings. The molecule has 1 heterocycles. The first-order chi connectivity index (χ1) is 7.62. The summed E-state index contributed by atoms with van der Waals surface area (Å²) in [5.41, 5.74) is -0.204. The molecule has 1 aliphatic heterocycles. The van der Waals surface area contributed by atoms with E-state index in [0.29, 0.717) is 6.04 Å². The van der Waals surface area contributed by atoms with E-state index in [1.807, 2.05) is 0 Å². The molecular weight excluding hydrogens is 220 g/mol. The molecule has 2 atom stereocenters. The molecule has 1 fully saturated rings. The van der Waals surface area contributed by atoms with E-state index >= 15 is 0 Å². The molecule has 0 aromatic carbocycles. The van der Waals surface area contributed by atoms with Crippen molar-refractivity contribution in [2.45, 2.75) is 39.2 Å². The van der Waals surface area contributed by atoms with Gasteiger partial charge in [-0.15, -0.1) is 0 Å². The van der Waals surface area contributed by atoms with Crippen LogP contribution in [0.5, 0.6) is 0 Å². The second-order valence-corrected chi connectivity index (χ2v) is 5.79. The van der Waals surface area contributed by atoms with Gasteiger partial charge in [0.15, 0.2) is 0 Å². The highest BCUT2D eigenvalue weighted by atomic mass is 32.2. The predicted molar refractivity (Wildman–Crippen MR) is 70.8 cm³/mol. The second-order valence-electron chi connectivity index (χ2n) is 4.87. The number of rotatable bonds is 5. The lowest BCUT2D eigenvalue weighted by atomic mass is 9.81. The van der Waals surface area contributed by atoms with Gasteiger partial charge < -0.3 is 10.6 Å². The number of nitrogens with one attached hydrogen (secondary N) is 2. The largest absolute Gasteiger partial charge is 0.352 e. The Kier molecular flexibility index (Phi) is 5.62. The quantitative estimate of drug-likeness (QED) is 0.772. The van der Waals surface area contributed by atoms with Crippen LogP contribution in [0.25, 0.3) is 0 Å². The fourth-order valence-corrected chi connectivity index (χ4v) is 2.79. The number of carbonyl (C=O) groups excluding carboxylic acids is 1. The zero-order valence-electron chi connectivity index (χ0n) is 10.6. The summed E-state index contributed by atoms with van der Waals surface area (Å²) in [6.45, 7) is 6.06. The molecule has 0 radical (unpaired) electrons. The molecule has 16 heavy (non-hydrogen) atoms. The van der Waals surface area contributed by atoms with E-state index in [1.54, 1.807) is 11.8 Å². The van der Waals surface area contributed by atoms with Gasteiger partial charge in [-0.2, -0.15) is 11.8 Å². The molecule has 0 saturated carbocycles. The van der Waals surface area contributed by atoms with Crippen LogP contribution in [-0.4, -0.2) is 37.0 Å². The number of hydrogen-bond acceptors (Lipinski definition) is 3. The summed E-state index contributed by atoms with van der Waals surface area (Å²) in [7, 11) is 0. The Morgan fingerprint density at radius 2 is 2.38 bits per heavy atom. The van der Waals surface area contributed by atoms with Gasteiger partial charge in [-0.25, -0.2) is 0 Å². The number of carbonyl (C=O) groups is 1. The zero-order valence-corrected chi connectivity index (χ0v) is 11.5. The molecule has 4 heteroatoms. The fourth-order valence-electron chi connectivity index (χ4n) is 2.07. The Balaban J connectivity index is 2.48. The summed E-state index contributed by atoms with van der Waals surface area (Å²) in [6.07, 6.45) is 5.19. The normalized spacial score (nSPS) is 27.4. The lowest BCUT2D eigenvalue weighted by molar-refractivity contribution is -0.131. The molecule has 1 rings (SSSR count). The van der Waals surface area contributed by atoms with Crippen molar-refractivity contribution < 1.29 is 4.79 Å². The zero-order chi connectivity index (χ0) is 12.0. The van der Waals surface area contributed by atoms with Gasteiger partial charge in [-0.3, -0.25) is 4.79 Å². The van der Waals surface area contributed by atoms with Crippen LogP contribution in [-0.2, 0) is 4.79 Å². The van der Waals surface area contributed by atoms with Crippen LogP contribution in [0.15, 0.2) is 0 Å². The predicted octanol–water partition coefficient (Wildman–Crippen LogP) is 1.63. The van der Waals surface area contributed by atoms with Crippen LogP contribution in [0, 0.1) is 5.41 Å². The van der Waals surface area contributed by atoms with Crippen molar-refractivity contribution in [3.05, 3.63) is 0 Å². The highest BCUT2D eigenvalue weighted by molar-refractivity contribution is 7.98. The Labute approximate surface area is 103 Å². The van der Waals surface area contributed by atoms with Crippen molar-refractivity contribution in [2.24, 2.45) is 5.41 Å². The molecule has 1 saturated heterocycles. The monoisotopic (exact) mass is 244 g/mol. The third-order valence-electron chi connectivity index (χ3n) is 3.34. The van der Waals surface area contributed by atoms with E-state index in [4.69, 9.17) is 0 Å². The van der Waals surface area contributed by atoms with Gasteiger partial charge in [0.1, 0.15) is 0 Å². The van der Waals surface area contributed by atoms with Gasteiger partial charge in [0.25, 0.3) is 0 Å². The van der Waals surface area contributed by atoms with Crippen LogP contribution in [0.2, 0.25) is 0 Å². The van der Waals surface area contributed by atoms with Crippen molar-refractivity contribution in [3.8, 4) is 0 Å². The first kappa shape index (κ1) is 13.8. The summed E-state index contributed by atoms with van der Waals surface area (Å²) in [4.78, 5) is 12.2. The van der Waals surface area contributed by atoms with Crippen molar-refractivity contribution in [1.29, 1.82) is 0 Å². The van der Waals surface area contributed by atoms with Crippen LogP contribution in [0.1, 0.15) is 33.1 Å². The van der Waals surface area contributed by atoms with Crippen LogP contribution >= 0.6 is 11.8 Å². The fraction of sp³-hybridized carbons (Fsp3) is 0.917. The van der Waals surface area contributed by atoms with E-state index < -0.39 is 0 Å². The third kappa shape index (κ3) is 3.67. The second kappa shape index (κ2) is 6.50. The van der Waals surface area contributed by atoms with Crippen LogP contribution < -0.4 is 10.6 Å². The van der Waals surface area contributed by atoms with E-state index in [9.17, 15) is 4.79 Å². The minimum absolute atomic E-state index is 0.204. The number of amides is 1. The van der Waals surface area contributed by atoms with E-state index in [0.717, 1.165) is 38.1 Å². The number of hydrogen-bond donors (Lipinski definition) is 2. The van der Waals surface area contributed by atoms with Crippen LogP contribution in [0.4, 0.5) is 0 Å². The molecular formula is C12H24N2OS. The molecule has 2 N–H and O–H groups in total. The van der Waals surface area contributed by atoms with Gasteiger partial charge in [0.05, 0.1) is 5.41 Å². The Morgan fingerprint density at radius 1 is 1.62 bits per heavy atom. The Bertz CT molecular complexity index is 227. The standard InChI is InChI=1S/C12H24N2OS/c1-4-10(8-16-3)14-11(15)12(2)6-5-7-13-9-12/h10,13H,4-9H2,1-3H3,(H,14,15). The maximum absolute atomic E-state index is 12.2. The van der Waals surface area contributed by atoms with Gasteiger partial charge >= 0.3 is 0 Å². The summed E-state index contributed by atoms with van der Waals surface area (Å²) in [6, 6.07) is 0.321. The molecule has 0 aromatic heterocycles. The minimum Gasteiger partial charge on any atom is -0.352 e. The SMILES string of the molecule is CCC(CSC)NC(=O)C1(C)CCCNC1. The van der Waals surface area contributed by atoms with Crippen molar-refractivity contribution in [1.82, 2.24) is 10.6 Å². The number of piperidine rings is 1. The highest BCUT2D eigenvalue weighted by Crippen LogP contribution is 2.25. The molecule has 94 valence electrons. The lowest BCUT2D eigenvalue weighted by Gasteiger charge is -2.34. The van der Waals surface area contributed by atoms with Gasteiger partial charge in [-0.1, -0.05) is 6.92 Å². The first-order valence-electron chi connectivity index (χ1n) is 6.13. The Morgan fingerprint density at radius 3 is 2.88 bits per heavy atom. The summed E-state index contributed by atoms with van der Waals surface area (Å²) >= 11 is 1.79. The van der Waals surface area contributed by atoms with E-state index in [2.05, 4.69) is 30.7 Å². The summed E-state index contributed by atoms with van der Waals surface area (Å²) in [5, 5.41) is 6.49. The number of thioether (sulfide) groups is 1.